The zero-order valence-electron chi connectivity index (χ0n) is 14.7. The molecule has 0 radical (unpaired) electrons. The van der Waals surface area contributed by atoms with Crippen LogP contribution in [0.2, 0.25) is 0 Å². The summed E-state index contributed by atoms with van der Waals surface area (Å²) in [6, 6.07) is 8.12. The summed E-state index contributed by atoms with van der Waals surface area (Å²) < 4.78 is 7.76. The molecule has 1 aromatic carbocycles. The molecule has 0 fully saturated rings. The standard InChI is InChI=1S/C19H25N3O2/c1-5-15-16-8-6-7-9-17(16)24-18(15)13(2)20-12-19(3,23)14-10-21-22(4)11-14/h6-11,13,20,23H,5,12H2,1-4H3/t13-,19-/m1/s1. The number of aliphatic hydroxyl groups is 1. The van der Waals surface area contributed by atoms with Crippen LogP contribution in [0.15, 0.2) is 41.1 Å². The van der Waals surface area contributed by atoms with Gasteiger partial charge in [-0.25, -0.2) is 0 Å². The first-order valence-electron chi connectivity index (χ1n) is 8.37. The zero-order chi connectivity index (χ0) is 17.3. The second-order valence-corrected chi connectivity index (χ2v) is 6.57. The topological polar surface area (TPSA) is 63.2 Å². The van der Waals surface area contributed by atoms with Crippen LogP contribution in [0.1, 0.15) is 43.7 Å². The summed E-state index contributed by atoms with van der Waals surface area (Å²) in [7, 11) is 1.84. The lowest BCUT2D eigenvalue weighted by Crippen LogP contribution is -2.36. The fraction of sp³-hybridized carbons (Fsp3) is 0.421. The van der Waals surface area contributed by atoms with Gasteiger partial charge in [0.05, 0.1) is 12.2 Å². The molecule has 0 saturated heterocycles. The molecular weight excluding hydrogens is 302 g/mol. The van der Waals surface area contributed by atoms with Crippen molar-refractivity contribution in [3.63, 3.8) is 0 Å². The van der Waals surface area contributed by atoms with Crippen LogP contribution in [0, 0.1) is 0 Å². The molecule has 3 aromatic rings. The van der Waals surface area contributed by atoms with Crippen molar-refractivity contribution in [1.82, 2.24) is 15.1 Å². The molecule has 24 heavy (non-hydrogen) atoms. The molecule has 5 heteroatoms. The lowest BCUT2D eigenvalue weighted by Gasteiger charge is -2.24. The van der Waals surface area contributed by atoms with Crippen molar-refractivity contribution in [3.8, 4) is 0 Å². The molecule has 0 aliphatic rings. The number of nitrogens with zero attached hydrogens (tertiary/aromatic N) is 2. The van der Waals surface area contributed by atoms with Gasteiger partial charge in [0.25, 0.3) is 0 Å². The van der Waals surface area contributed by atoms with E-state index in [0.29, 0.717) is 6.54 Å². The quantitative estimate of drug-likeness (QED) is 0.729. The number of para-hydroxylation sites is 1. The van der Waals surface area contributed by atoms with E-state index in [0.717, 1.165) is 23.3 Å². The van der Waals surface area contributed by atoms with Gasteiger partial charge in [-0.1, -0.05) is 25.1 Å². The summed E-state index contributed by atoms with van der Waals surface area (Å²) in [6.07, 6.45) is 4.45. The van der Waals surface area contributed by atoms with Crippen molar-refractivity contribution < 1.29 is 9.52 Å². The number of rotatable bonds is 6. The van der Waals surface area contributed by atoms with E-state index < -0.39 is 5.60 Å². The van der Waals surface area contributed by atoms with E-state index in [1.165, 1.54) is 10.9 Å². The van der Waals surface area contributed by atoms with Crippen LogP contribution >= 0.6 is 0 Å². The Morgan fingerprint density at radius 2 is 2.12 bits per heavy atom. The maximum absolute atomic E-state index is 10.7. The molecule has 2 N–H and O–H groups in total. The average Bonchev–Trinajstić information content (AvgIpc) is 3.16. The highest BCUT2D eigenvalue weighted by molar-refractivity contribution is 5.82. The lowest BCUT2D eigenvalue weighted by atomic mass is 9.98. The van der Waals surface area contributed by atoms with E-state index in [2.05, 4.69) is 30.3 Å². The summed E-state index contributed by atoms with van der Waals surface area (Å²) in [5, 5.41) is 19.4. The lowest BCUT2D eigenvalue weighted by molar-refractivity contribution is 0.0536. The minimum absolute atomic E-state index is 0.00972. The molecule has 5 nitrogen and oxygen atoms in total. The number of fused-ring (bicyclic) bond motifs is 1. The number of aromatic nitrogens is 2. The summed E-state index contributed by atoms with van der Waals surface area (Å²) in [5.74, 6) is 0.945. The second kappa shape index (κ2) is 6.42. The maximum atomic E-state index is 10.7. The fourth-order valence-electron chi connectivity index (χ4n) is 3.08. The van der Waals surface area contributed by atoms with Crippen molar-refractivity contribution in [2.24, 2.45) is 7.05 Å². The first kappa shape index (κ1) is 16.7. The van der Waals surface area contributed by atoms with Gasteiger partial charge in [0.2, 0.25) is 0 Å². The van der Waals surface area contributed by atoms with Crippen molar-refractivity contribution in [2.45, 2.75) is 38.8 Å². The molecular formula is C19H25N3O2. The van der Waals surface area contributed by atoms with Gasteiger partial charge in [0.15, 0.2) is 0 Å². The van der Waals surface area contributed by atoms with Gasteiger partial charge in [0, 0.05) is 36.3 Å². The minimum Gasteiger partial charge on any atom is -0.459 e. The minimum atomic E-state index is -0.985. The Labute approximate surface area is 142 Å². The van der Waals surface area contributed by atoms with Crippen LogP contribution in [0.25, 0.3) is 11.0 Å². The number of hydrogen-bond acceptors (Lipinski definition) is 4. The molecule has 0 bridgehead atoms. The average molecular weight is 327 g/mol. The second-order valence-electron chi connectivity index (χ2n) is 6.57. The molecule has 0 unspecified atom stereocenters. The Kier molecular flexibility index (Phi) is 4.47. The maximum Gasteiger partial charge on any atom is 0.134 e. The molecule has 3 rings (SSSR count). The third-order valence-corrected chi connectivity index (χ3v) is 4.56. The van der Waals surface area contributed by atoms with Gasteiger partial charge in [-0.3, -0.25) is 4.68 Å². The van der Waals surface area contributed by atoms with Crippen molar-refractivity contribution >= 4 is 11.0 Å². The Balaban J connectivity index is 1.79. The summed E-state index contributed by atoms with van der Waals surface area (Å²) in [6.45, 7) is 6.42. The highest BCUT2D eigenvalue weighted by atomic mass is 16.3. The third-order valence-electron chi connectivity index (χ3n) is 4.56. The van der Waals surface area contributed by atoms with Crippen LogP contribution in [0.3, 0.4) is 0 Å². The number of furan rings is 1. The number of nitrogens with one attached hydrogen (secondary N) is 1. The van der Waals surface area contributed by atoms with Crippen molar-refractivity contribution in [2.75, 3.05) is 6.54 Å². The number of hydrogen-bond donors (Lipinski definition) is 2. The van der Waals surface area contributed by atoms with Crippen molar-refractivity contribution in [1.29, 1.82) is 0 Å². The van der Waals surface area contributed by atoms with E-state index in [9.17, 15) is 5.11 Å². The first-order chi connectivity index (χ1) is 11.4. The first-order valence-corrected chi connectivity index (χ1v) is 8.37. The van der Waals surface area contributed by atoms with Gasteiger partial charge < -0.3 is 14.8 Å². The van der Waals surface area contributed by atoms with Crippen LogP contribution < -0.4 is 5.32 Å². The Morgan fingerprint density at radius 3 is 2.79 bits per heavy atom. The van der Waals surface area contributed by atoms with E-state index in [-0.39, 0.29) is 6.04 Å². The van der Waals surface area contributed by atoms with Crippen molar-refractivity contribution in [3.05, 3.63) is 53.5 Å². The number of aryl methyl sites for hydroxylation is 2. The van der Waals surface area contributed by atoms with Gasteiger partial charge in [0.1, 0.15) is 16.9 Å². The third kappa shape index (κ3) is 3.09. The predicted octanol–water partition coefficient (Wildman–Crippen LogP) is 3.29. The van der Waals surface area contributed by atoms with Crippen LogP contribution in [0.4, 0.5) is 0 Å². The molecule has 2 aromatic heterocycles. The van der Waals surface area contributed by atoms with E-state index in [1.807, 2.05) is 31.4 Å². The van der Waals surface area contributed by atoms with Gasteiger partial charge >= 0.3 is 0 Å². The molecule has 128 valence electrons. The van der Waals surface area contributed by atoms with Gasteiger partial charge in [-0.2, -0.15) is 5.10 Å². The zero-order valence-corrected chi connectivity index (χ0v) is 14.7. The molecule has 2 heterocycles. The predicted molar refractivity (Wildman–Crippen MR) is 94.8 cm³/mol. The Morgan fingerprint density at radius 1 is 1.38 bits per heavy atom. The largest absolute Gasteiger partial charge is 0.459 e. The SMILES string of the molecule is CCc1c([C@@H](C)NC[C@@](C)(O)c2cnn(C)c2)oc2ccccc12. The molecule has 0 aliphatic carbocycles. The summed E-state index contributed by atoms with van der Waals surface area (Å²) in [5.41, 5.74) is 1.95. The molecule has 0 amide bonds. The highest BCUT2D eigenvalue weighted by Gasteiger charge is 2.26. The molecule has 0 spiro atoms. The summed E-state index contributed by atoms with van der Waals surface area (Å²) >= 11 is 0. The van der Waals surface area contributed by atoms with E-state index >= 15 is 0 Å². The summed E-state index contributed by atoms with van der Waals surface area (Å²) in [4.78, 5) is 0. The van der Waals surface area contributed by atoms with Gasteiger partial charge in [-0.05, 0) is 26.3 Å². The Hall–Kier alpha value is -2.11. The van der Waals surface area contributed by atoms with Crippen LogP contribution in [0.5, 0.6) is 0 Å². The van der Waals surface area contributed by atoms with E-state index in [1.54, 1.807) is 17.8 Å². The molecule has 0 aliphatic heterocycles. The van der Waals surface area contributed by atoms with Crippen LogP contribution in [-0.4, -0.2) is 21.4 Å². The normalized spacial score (nSPS) is 15.5. The van der Waals surface area contributed by atoms with E-state index in [4.69, 9.17) is 4.42 Å². The highest BCUT2D eigenvalue weighted by Crippen LogP contribution is 2.31. The monoisotopic (exact) mass is 327 g/mol. The molecule has 0 saturated carbocycles. The fourth-order valence-corrected chi connectivity index (χ4v) is 3.08. The van der Waals surface area contributed by atoms with Gasteiger partial charge in [-0.15, -0.1) is 0 Å². The number of benzene rings is 1. The Bertz CT molecular complexity index is 832. The van der Waals surface area contributed by atoms with Crippen LogP contribution in [-0.2, 0) is 19.1 Å². The molecule has 2 atom stereocenters. The smallest absolute Gasteiger partial charge is 0.134 e.